The average molecular weight is 533 g/mol. The molecule has 0 bridgehead atoms. The van der Waals surface area contributed by atoms with Gasteiger partial charge in [-0.15, -0.1) is 0 Å². The molecule has 6 heteroatoms. The van der Waals surface area contributed by atoms with E-state index in [2.05, 4.69) is 54.9 Å². The quantitative estimate of drug-likeness (QED) is 0.240. The molecule has 0 radical (unpaired) electrons. The van der Waals surface area contributed by atoms with Crippen molar-refractivity contribution in [1.29, 1.82) is 0 Å². The fourth-order valence-electron chi connectivity index (χ4n) is 6.61. The molecule has 6 nitrogen and oxygen atoms in total. The van der Waals surface area contributed by atoms with Gasteiger partial charge in [-0.3, -0.25) is 4.79 Å². The van der Waals surface area contributed by atoms with Crippen molar-refractivity contribution in [2.75, 3.05) is 20.3 Å². The first-order chi connectivity index (χ1) is 18.9. The second-order valence-corrected chi connectivity index (χ2v) is 11.2. The monoisotopic (exact) mass is 532 g/mol. The lowest BCUT2D eigenvalue weighted by Gasteiger charge is -2.36. The number of aromatic nitrogens is 1. The number of benzene rings is 2. The third kappa shape index (κ3) is 6.38. The van der Waals surface area contributed by atoms with Crippen molar-refractivity contribution in [3.8, 4) is 0 Å². The number of ether oxygens (including phenoxy) is 1. The first-order valence-electron chi connectivity index (χ1n) is 14.6. The van der Waals surface area contributed by atoms with Gasteiger partial charge in [0.1, 0.15) is 0 Å². The van der Waals surface area contributed by atoms with E-state index >= 15 is 0 Å². The Hall–Kier alpha value is -3.12. The zero-order valence-corrected chi connectivity index (χ0v) is 24.0. The summed E-state index contributed by atoms with van der Waals surface area (Å²) in [5.74, 6) is 0.0510. The molecule has 1 heterocycles. The lowest BCUT2D eigenvalue weighted by Crippen LogP contribution is -2.26. The summed E-state index contributed by atoms with van der Waals surface area (Å²) in [6.45, 7) is 8.39. The molecule has 1 aliphatic carbocycles. The van der Waals surface area contributed by atoms with Crippen LogP contribution in [-0.4, -0.2) is 41.8 Å². The minimum atomic E-state index is -0.887. The van der Waals surface area contributed by atoms with E-state index in [0.717, 1.165) is 35.9 Å². The highest BCUT2D eigenvalue weighted by atomic mass is 16.5. The Labute approximate surface area is 232 Å². The maximum atomic E-state index is 13.2. The van der Waals surface area contributed by atoms with Gasteiger partial charge >= 0.3 is 5.97 Å². The number of aromatic carboxylic acids is 1. The fraction of sp³-hybridized carbons (Fsp3) is 0.515. The zero-order valence-electron chi connectivity index (χ0n) is 24.0. The van der Waals surface area contributed by atoms with Crippen molar-refractivity contribution in [2.24, 2.45) is 5.92 Å². The standard InChI is InChI=1S/C33H44N2O4/c1-5-6-18-35-21-29(32(36)34-17-19-39-4)28-14-10-13-27(31(28)35)23(3)30(24-11-8-7-9-12-24)26-16-15-25(33(37)38)20-22(26)2/h10,13-16,20-21,23-24,30H,5-9,11-12,17-19H2,1-4H3,(H,34,36)(H,37,38). The van der Waals surface area contributed by atoms with Crippen LogP contribution in [0.25, 0.3) is 10.9 Å². The Bertz CT molecular complexity index is 1290. The molecule has 2 atom stereocenters. The van der Waals surface area contributed by atoms with Gasteiger partial charge in [-0.2, -0.15) is 0 Å². The molecule has 39 heavy (non-hydrogen) atoms. The number of aryl methyl sites for hydroxylation is 2. The Morgan fingerprint density at radius 3 is 2.56 bits per heavy atom. The maximum absolute atomic E-state index is 13.2. The van der Waals surface area contributed by atoms with E-state index in [1.54, 1.807) is 13.2 Å². The first kappa shape index (κ1) is 28.9. The van der Waals surface area contributed by atoms with Gasteiger partial charge < -0.3 is 19.7 Å². The number of rotatable bonds is 12. The third-order valence-electron chi connectivity index (χ3n) is 8.58. The van der Waals surface area contributed by atoms with Gasteiger partial charge in [-0.25, -0.2) is 4.79 Å². The summed E-state index contributed by atoms with van der Waals surface area (Å²) in [6, 6.07) is 12.0. The molecule has 2 unspecified atom stereocenters. The Kier molecular flexibility index (Phi) is 9.84. The maximum Gasteiger partial charge on any atom is 0.335 e. The highest BCUT2D eigenvalue weighted by Crippen LogP contribution is 2.47. The van der Waals surface area contributed by atoms with Gasteiger partial charge in [-0.1, -0.05) is 63.8 Å². The number of para-hydroxylation sites is 1. The molecule has 2 N–H and O–H groups in total. The van der Waals surface area contributed by atoms with Crippen molar-refractivity contribution < 1.29 is 19.4 Å². The van der Waals surface area contributed by atoms with Gasteiger partial charge in [0.05, 0.1) is 23.3 Å². The van der Waals surface area contributed by atoms with Gasteiger partial charge in [-0.05, 0) is 72.8 Å². The lowest BCUT2D eigenvalue weighted by atomic mass is 9.68. The van der Waals surface area contributed by atoms with Gasteiger partial charge in [0.2, 0.25) is 0 Å². The predicted molar refractivity (Wildman–Crippen MR) is 157 cm³/mol. The van der Waals surface area contributed by atoms with Crippen molar-refractivity contribution in [3.63, 3.8) is 0 Å². The van der Waals surface area contributed by atoms with Gasteiger partial charge in [0.15, 0.2) is 0 Å². The highest BCUT2D eigenvalue weighted by Gasteiger charge is 2.33. The molecule has 1 fully saturated rings. The lowest BCUT2D eigenvalue weighted by molar-refractivity contribution is 0.0696. The number of nitrogens with one attached hydrogen (secondary N) is 1. The number of hydrogen-bond acceptors (Lipinski definition) is 3. The van der Waals surface area contributed by atoms with E-state index in [4.69, 9.17) is 4.74 Å². The van der Waals surface area contributed by atoms with Crippen LogP contribution in [0.4, 0.5) is 0 Å². The molecule has 0 saturated heterocycles. The topological polar surface area (TPSA) is 80.6 Å². The van der Waals surface area contributed by atoms with Gasteiger partial charge in [0, 0.05) is 31.8 Å². The first-order valence-corrected chi connectivity index (χ1v) is 14.6. The summed E-state index contributed by atoms with van der Waals surface area (Å²) in [5, 5.41) is 13.6. The number of carboxylic acids is 1. The summed E-state index contributed by atoms with van der Waals surface area (Å²) in [7, 11) is 1.64. The SMILES string of the molecule is CCCCn1cc(C(=O)NCCOC)c2cccc(C(C)C(c3ccc(C(=O)O)cc3C)C3CCCCC3)c21. The summed E-state index contributed by atoms with van der Waals surface area (Å²) < 4.78 is 7.41. The Morgan fingerprint density at radius 1 is 1.13 bits per heavy atom. The summed E-state index contributed by atoms with van der Waals surface area (Å²) in [5.41, 5.74) is 5.76. The number of nitrogens with zero attached hydrogens (tertiary/aromatic N) is 1. The molecule has 1 amide bonds. The van der Waals surface area contributed by atoms with Crippen molar-refractivity contribution in [3.05, 3.63) is 70.4 Å². The number of methoxy groups -OCH3 is 1. The zero-order chi connectivity index (χ0) is 27.9. The molecule has 3 aromatic rings. The molecule has 4 rings (SSSR count). The van der Waals surface area contributed by atoms with E-state index in [0.29, 0.717) is 30.2 Å². The van der Waals surface area contributed by atoms with E-state index in [1.807, 2.05) is 12.3 Å². The number of carbonyl (C=O) groups excluding carboxylic acids is 1. The van der Waals surface area contributed by atoms with Crippen LogP contribution in [0, 0.1) is 12.8 Å². The van der Waals surface area contributed by atoms with Crippen molar-refractivity contribution >= 4 is 22.8 Å². The number of amides is 1. The Balaban J connectivity index is 1.82. The van der Waals surface area contributed by atoms with Crippen LogP contribution in [0.15, 0.2) is 42.6 Å². The van der Waals surface area contributed by atoms with Crippen LogP contribution in [0.5, 0.6) is 0 Å². The molecule has 0 aliphatic heterocycles. The largest absolute Gasteiger partial charge is 0.478 e. The second-order valence-electron chi connectivity index (χ2n) is 11.2. The number of hydrogen-bond donors (Lipinski definition) is 2. The molecule has 1 aliphatic rings. The van der Waals surface area contributed by atoms with Crippen LogP contribution in [-0.2, 0) is 11.3 Å². The molecule has 210 valence electrons. The van der Waals surface area contributed by atoms with Crippen LogP contribution in [0.2, 0.25) is 0 Å². The Morgan fingerprint density at radius 2 is 1.90 bits per heavy atom. The molecule has 0 spiro atoms. The van der Waals surface area contributed by atoms with Crippen LogP contribution < -0.4 is 5.32 Å². The summed E-state index contributed by atoms with van der Waals surface area (Å²) >= 11 is 0. The molecule has 2 aromatic carbocycles. The molecular formula is C33H44N2O4. The van der Waals surface area contributed by atoms with Crippen molar-refractivity contribution in [1.82, 2.24) is 9.88 Å². The van der Waals surface area contributed by atoms with E-state index in [-0.39, 0.29) is 17.7 Å². The third-order valence-corrected chi connectivity index (χ3v) is 8.58. The number of carboxylic acid groups (broad SMARTS) is 1. The van der Waals surface area contributed by atoms with E-state index in [9.17, 15) is 14.7 Å². The normalized spacial score (nSPS) is 15.8. The van der Waals surface area contributed by atoms with E-state index < -0.39 is 5.97 Å². The number of unbranched alkanes of at least 4 members (excludes halogenated alkanes) is 1. The number of fused-ring (bicyclic) bond motifs is 1. The summed E-state index contributed by atoms with van der Waals surface area (Å²) in [6.07, 6.45) is 10.3. The minimum Gasteiger partial charge on any atom is -0.478 e. The van der Waals surface area contributed by atoms with Crippen LogP contribution in [0.1, 0.15) is 108 Å². The van der Waals surface area contributed by atoms with Gasteiger partial charge in [0.25, 0.3) is 5.91 Å². The summed E-state index contributed by atoms with van der Waals surface area (Å²) in [4.78, 5) is 24.9. The minimum absolute atomic E-state index is 0.0685. The van der Waals surface area contributed by atoms with E-state index in [1.165, 1.54) is 43.2 Å². The average Bonchev–Trinajstić information content (AvgIpc) is 3.32. The smallest absolute Gasteiger partial charge is 0.335 e. The highest BCUT2D eigenvalue weighted by molar-refractivity contribution is 6.07. The molecular weight excluding hydrogens is 488 g/mol. The fourth-order valence-corrected chi connectivity index (χ4v) is 6.61. The van der Waals surface area contributed by atoms with Crippen LogP contribution >= 0.6 is 0 Å². The van der Waals surface area contributed by atoms with Crippen LogP contribution in [0.3, 0.4) is 0 Å². The molecule has 1 saturated carbocycles. The number of carbonyl (C=O) groups is 2. The second kappa shape index (κ2) is 13.3. The van der Waals surface area contributed by atoms with Crippen molar-refractivity contribution in [2.45, 2.75) is 84.1 Å². The molecule has 1 aromatic heterocycles. The predicted octanol–water partition coefficient (Wildman–Crippen LogP) is 7.29.